The zero-order chi connectivity index (χ0) is 19.6. The van der Waals surface area contributed by atoms with Gasteiger partial charge in [0.15, 0.2) is 0 Å². The quantitative estimate of drug-likeness (QED) is 0.642. The summed E-state index contributed by atoms with van der Waals surface area (Å²) < 4.78 is 2.83. The summed E-state index contributed by atoms with van der Waals surface area (Å²) in [7, 11) is 1.81. The van der Waals surface area contributed by atoms with E-state index in [1.807, 2.05) is 35.9 Å². The molecule has 2 aromatic heterocycles. The number of benzene rings is 1. The first kappa shape index (κ1) is 19.0. The van der Waals surface area contributed by atoms with Crippen LogP contribution in [0.1, 0.15) is 29.0 Å². The second kappa shape index (κ2) is 7.87. The van der Waals surface area contributed by atoms with Crippen LogP contribution in [-0.2, 0) is 11.3 Å². The molecule has 0 saturated carbocycles. The fourth-order valence-corrected chi connectivity index (χ4v) is 3.40. The van der Waals surface area contributed by atoms with Gasteiger partial charge in [0.05, 0.1) is 5.69 Å². The first-order valence-electron chi connectivity index (χ1n) is 8.52. The minimum atomic E-state index is -0.511. The Bertz CT molecular complexity index is 1010. The number of anilines is 1. The molecule has 4 rings (SSSR count). The van der Waals surface area contributed by atoms with Crippen LogP contribution in [0, 0.1) is 6.92 Å². The smallest absolute Gasteiger partial charge is 0.267 e. The maximum atomic E-state index is 11.5. The number of fused-ring (bicyclic) bond motifs is 2. The van der Waals surface area contributed by atoms with Gasteiger partial charge in [-0.25, -0.2) is 4.68 Å². The van der Waals surface area contributed by atoms with E-state index < -0.39 is 5.91 Å². The van der Waals surface area contributed by atoms with Crippen LogP contribution in [-0.4, -0.2) is 33.6 Å². The molecule has 1 aliphatic rings. The van der Waals surface area contributed by atoms with Gasteiger partial charge in [0.1, 0.15) is 11.5 Å². The van der Waals surface area contributed by atoms with E-state index in [2.05, 4.69) is 26.0 Å². The Hall–Kier alpha value is -2.74. The zero-order valence-electron chi connectivity index (χ0n) is 15.1. The van der Waals surface area contributed by atoms with Gasteiger partial charge in [0.25, 0.3) is 5.91 Å². The molecule has 0 bridgehead atoms. The highest BCUT2D eigenvalue weighted by atomic mass is 79.9. The molecule has 0 saturated heterocycles. The van der Waals surface area contributed by atoms with E-state index in [-0.39, 0.29) is 11.6 Å². The highest BCUT2D eigenvalue weighted by Gasteiger charge is 2.19. The van der Waals surface area contributed by atoms with Gasteiger partial charge in [0, 0.05) is 42.1 Å². The molecule has 0 fully saturated rings. The standard InChI is InChI=1S/C10H7BrN2O.C9H13N3O/c11-8-3-1-2-6-5-13-9(10(12)14)4-7(6)8;1-7-6-8-11(2)9(13)4-3-5-12(8)10-7/h1-5H,(H2,12,14);6H,3-5H2,1-2H3. The number of aromatic nitrogens is 3. The summed E-state index contributed by atoms with van der Waals surface area (Å²) in [5.74, 6) is 0.585. The summed E-state index contributed by atoms with van der Waals surface area (Å²) in [4.78, 5) is 28.0. The molecule has 3 aromatic rings. The third-order valence-electron chi connectivity index (χ3n) is 4.32. The summed E-state index contributed by atoms with van der Waals surface area (Å²) in [5.41, 5.74) is 6.39. The minimum absolute atomic E-state index is 0.179. The van der Waals surface area contributed by atoms with Crippen molar-refractivity contribution in [1.29, 1.82) is 0 Å². The third-order valence-corrected chi connectivity index (χ3v) is 5.01. The fraction of sp³-hybridized carbons (Fsp3) is 0.263. The summed E-state index contributed by atoms with van der Waals surface area (Å²) in [6.45, 7) is 2.79. The van der Waals surface area contributed by atoms with Crippen LogP contribution in [0.15, 0.2) is 41.0 Å². The van der Waals surface area contributed by atoms with Crippen molar-refractivity contribution in [3.05, 3.63) is 52.4 Å². The van der Waals surface area contributed by atoms with E-state index in [0.717, 1.165) is 39.7 Å². The number of halogens is 1. The zero-order valence-corrected chi connectivity index (χ0v) is 16.7. The predicted octanol–water partition coefficient (Wildman–Crippen LogP) is 3.04. The average Bonchev–Trinajstić information content (AvgIpc) is 2.96. The van der Waals surface area contributed by atoms with E-state index in [1.54, 1.807) is 24.2 Å². The van der Waals surface area contributed by atoms with Gasteiger partial charge in [-0.3, -0.25) is 14.6 Å². The molecular weight excluding hydrogens is 410 g/mol. The second-order valence-corrected chi connectivity index (χ2v) is 7.17. The maximum absolute atomic E-state index is 11.5. The Balaban J connectivity index is 0.000000156. The van der Waals surface area contributed by atoms with Crippen LogP contribution in [0.25, 0.3) is 10.8 Å². The normalized spacial score (nSPS) is 13.6. The predicted molar refractivity (Wildman–Crippen MR) is 108 cm³/mol. The monoisotopic (exact) mass is 429 g/mol. The molecule has 0 radical (unpaired) electrons. The van der Waals surface area contributed by atoms with Gasteiger partial charge in [-0.05, 0) is 30.9 Å². The Kier molecular flexibility index (Phi) is 5.55. The molecular formula is C19H20BrN5O2. The first-order chi connectivity index (χ1) is 12.9. The molecule has 1 aliphatic heterocycles. The summed E-state index contributed by atoms with van der Waals surface area (Å²) >= 11 is 3.40. The number of amides is 2. The summed E-state index contributed by atoms with van der Waals surface area (Å²) in [6.07, 6.45) is 3.15. The van der Waals surface area contributed by atoms with E-state index in [4.69, 9.17) is 5.73 Å². The molecule has 2 amide bonds. The average molecular weight is 430 g/mol. The Labute approximate surface area is 165 Å². The molecule has 0 unspecified atom stereocenters. The number of hydrogen-bond acceptors (Lipinski definition) is 4. The second-order valence-electron chi connectivity index (χ2n) is 6.32. The number of carbonyl (C=O) groups is 2. The molecule has 140 valence electrons. The van der Waals surface area contributed by atoms with Crippen LogP contribution in [0.2, 0.25) is 0 Å². The van der Waals surface area contributed by atoms with Crippen molar-refractivity contribution in [2.45, 2.75) is 26.3 Å². The molecule has 27 heavy (non-hydrogen) atoms. The van der Waals surface area contributed by atoms with Crippen molar-refractivity contribution in [3.63, 3.8) is 0 Å². The fourth-order valence-electron chi connectivity index (χ4n) is 2.91. The number of hydrogen-bond donors (Lipinski definition) is 1. The van der Waals surface area contributed by atoms with Crippen molar-refractivity contribution in [1.82, 2.24) is 14.8 Å². The van der Waals surface area contributed by atoms with Crippen LogP contribution >= 0.6 is 15.9 Å². The van der Waals surface area contributed by atoms with Crippen LogP contribution in [0.4, 0.5) is 5.82 Å². The van der Waals surface area contributed by atoms with Crippen LogP contribution in [0.5, 0.6) is 0 Å². The Morgan fingerprint density at radius 3 is 2.81 bits per heavy atom. The Morgan fingerprint density at radius 1 is 1.30 bits per heavy atom. The number of aryl methyl sites for hydroxylation is 2. The summed E-state index contributed by atoms with van der Waals surface area (Å²) in [5, 5.41) is 6.24. The number of pyridine rings is 1. The molecule has 1 aromatic carbocycles. The molecule has 0 aliphatic carbocycles. The minimum Gasteiger partial charge on any atom is -0.364 e. The van der Waals surface area contributed by atoms with Gasteiger partial charge in [-0.1, -0.05) is 28.1 Å². The highest BCUT2D eigenvalue weighted by Crippen LogP contribution is 2.23. The number of nitrogens with zero attached hydrogens (tertiary/aromatic N) is 4. The lowest BCUT2D eigenvalue weighted by atomic mass is 10.1. The maximum Gasteiger partial charge on any atom is 0.267 e. The number of nitrogens with two attached hydrogens (primary N) is 1. The Morgan fingerprint density at radius 2 is 2.07 bits per heavy atom. The number of primary amides is 1. The van der Waals surface area contributed by atoms with Gasteiger partial charge in [-0.2, -0.15) is 5.10 Å². The lowest BCUT2D eigenvalue weighted by Gasteiger charge is -2.13. The molecule has 8 heteroatoms. The lowest BCUT2D eigenvalue weighted by Crippen LogP contribution is -2.25. The van der Waals surface area contributed by atoms with E-state index in [0.29, 0.717) is 6.42 Å². The van der Waals surface area contributed by atoms with Crippen LogP contribution < -0.4 is 10.6 Å². The third kappa shape index (κ3) is 4.16. The van der Waals surface area contributed by atoms with Gasteiger partial charge >= 0.3 is 0 Å². The van der Waals surface area contributed by atoms with Crippen molar-refractivity contribution in [3.8, 4) is 0 Å². The van der Waals surface area contributed by atoms with Gasteiger partial charge < -0.3 is 10.6 Å². The summed E-state index contributed by atoms with van der Waals surface area (Å²) in [6, 6.07) is 9.38. The van der Waals surface area contributed by atoms with E-state index >= 15 is 0 Å². The largest absolute Gasteiger partial charge is 0.364 e. The van der Waals surface area contributed by atoms with Crippen molar-refractivity contribution in [2.24, 2.45) is 5.73 Å². The molecule has 7 nitrogen and oxygen atoms in total. The van der Waals surface area contributed by atoms with Gasteiger partial charge in [0.2, 0.25) is 5.91 Å². The van der Waals surface area contributed by atoms with Crippen molar-refractivity contribution in [2.75, 3.05) is 11.9 Å². The van der Waals surface area contributed by atoms with Crippen molar-refractivity contribution < 1.29 is 9.59 Å². The van der Waals surface area contributed by atoms with Gasteiger partial charge in [-0.15, -0.1) is 0 Å². The number of carbonyl (C=O) groups excluding carboxylic acids is 2. The highest BCUT2D eigenvalue weighted by molar-refractivity contribution is 9.10. The van der Waals surface area contributed by atoms with E-state index in [9.17, 15) is 9.59 Å². The molecule has 2 N–H and O–H groups in total. The number of rotatable bonds is 1. The first-order valence-corrected chi connectivity index (χ1v) is 9.31. The lowest BCUT2D eigenvalue weighted by molar-refractivity contribution is -0.118. The van der Waals surface area contributed by atoms with E-state index in [1.165, 1.54) is 0 Å². The molecule has 0 atom stereocenters. The van der Waals surface area contributed by atoms with Crippen molar-refractivity contribution >= 4 is 44.3 Å². The molecule has 0 spiro atoms. The van der Waals surface area contributed by atoms with Crippen LogP contribution in [0.3, 0.4) is 0 Å². The molecule has 3 heterocycles. The SMILES string of the molecule is Cc1cc2n(n1)CCCC(=O)N2C.NC(=O)c1cc2c(Br)cccc2cn1. The topological polar surface area (TPSA) is 94.1 Å².